The smallest absolute Gasteiger partial charge is 0.408 e. The number of nitriles is 1. The van der Waals surface area contributed by atoms with Gasteiger partial charge >= 0.3 is 6.09 Å². The lowest BCUT2D eigenvalue weighted by Gasteiger charge is -2.39. The van der Waals surface area contributed by atoms with Crippen LogP contribution >= 0.6 is 11.6 Å². The number of halogens is 1. The Labute approximate surface area is 170 Å². The van der Waals surface area contributed by atoms with Crippen LogP contribution < -0.4 is 4.74 Å². The fourth-order valence-corrected chi connectivity index (χ4v) is 3.61. The molecule has 28 heavy (non-hydrogen) atoms. The van der Waals surface area contributed by atoms with Crippen LogP contribution in [0.5, 0.6) is 5.75 Å². The van der Waals surface area contributed by atoms with Crippen LogP contribution in [-0.4, -0.2) is 33.7 Å². The average Bonchev–Trinajstić information content (AvgIpc) is 2.62. The molecule has 1 atom stereocenters. The lowest BCUT2D eigenvalue weighted by Crippen LogP contribution is -2.46. The van der Waals surface area contributed by atoms with Crippen molar-refractivity contribution in [3.8, 4) is 22.9 Å². The van der Waals surface area contributed by atoms with Crippen LogP contribution in [0.25, 0.3) is 11.1 Å². The minimum absolute atomic E-state index is 0.306. The molecule has 1 heterocycles. The number of ether oxygens (including phenoxy) is 1. The van der Waals surface area contributed by atoms with Gasteiger partial charge in [-0.15, -0.1) is 0 Å². The van der Waals surface area contributed by atoms with Crippen LogP contribution in [0.4, 0.5) is 4.79 Å². The van der Waals surface area contributed by atoms with Gasteiger partial charge in [0.2, 0.25) is 0 Å². The van der Waals surface area contributed by atoms with Crippen LogP contribution in [0, 0.1) is 18.3 Å². The highest BCUT2D eigenvalue weighted by atomic mass is 35.5. The number of hydrogen-bond acceptors (Lipinski definition) is 4. The summed E-state index contributed by atoms with van der Waals surface area (Å²) in [5, 5.41) is 19.3. The molecule has 0 aliphatic carbocycles. The second-order valence-corrected chi connectivity index (χ2v) is 7.93. The van der Waals surface area contributed by atoms with Gasteiger partial charge in [0.1, 0.15) is 17.5 Å². The summed E-state index contributed by atoms with van der Waals surface area (Å²) >= 11 is 6.50. The predicted molar refractivity (Wildman–Crippen MR) is 109 cm³/mol. The lowest BCUT2D eigenvalue weighted by molar-refractivity contribution is 0.0746. The van der Waals surface area contributed by atoms with Gasteiger partial charge in [-0.25, -0.2) is 9.78 Å². The van der Waals surface area contributed by atoms with Crippen molar-refractivity contribution in [2.24, 2.45) is 0 Å². The zero-order valence-electron chi connectivity index (χ0n) is 16.9. The van der Waals surface area contributed by atoms with E-state index in [9.17, 15) is 9.90 Å². The van der Waals surface area contributed by atoms with Crippen molar-refractivity contribution >= 4 is 17.7 Å². The highest BCUT2D eigenvalue weighted by molar-refractivity contribution is 6.32. The molecule has 2 rings (SSSR count). The maximum absolute atomic E-state index is 11.9. The van der Waals surface area contributed by atoms with Gasteiger partial charge in [-0.3, -0.25) is 4.90 Å². The van der Waals surface area contributed by atoms with Crippen molar-refractivity contribution in [2.45, 2.75) is 46.2 Å². The van der Waals surface area contributed by atoms with Crippen LogP contribution in [0.2, 0.25) is 5.02 Å². The molecule has 6 nitrogen and oxygen atoms in total. The molecule has 0 bridgehead atoms. The normalized spacial score (nSPS) is 12.2. The Morgan fingerprint density at radius 2 is 2.04 bits per heavy atom. The largest absolute Gasteiger partial charge is 0.496 e. The van der Waals surface area contributed by atoms with Gasteiger partial charge in [0, 0.05) is 33.4 Å². The summed E-state index contributed by atoms with van der Waals surface area (Å²) in [6, 6.07) is 6.64. The van der Waals surface area contributed by atoms with Crippen LogP contribution in [0.3, 0.4) is 0 Å². The zero-order valence-corrected chi connectivity index (χ0v) is 17.6. The molecule has 1 amide bonds. The number of pyridine rings is 1. The molecule has 7 heteroatoms. The van der Waals surface area contributed by atoms with Crippen LogP contribution in [0.1, 0.15) is 50.6 Å². The second kappa shape index (κ2) is 8.07. The van der Waals surface area contributed by atoms with E-state index in [0.717, 1.165) is 16.7 Å². The monoisotopic (exact) mass is 401 g/mol. The minimum Gasteiger partial charge on any atom is -0.496 e. The van der Waals surface area contributed by atoms with E-state index in [1.807, 2.05) is 40.7 Å². The summed E-state index contributed by atoms with van der Waals surface area (Å²) in [6.07, 6.45) is 0.563. The Hall–Kier alpha value is -2.78. The molecule has 1 aromatic heterocycles. The summed E-state index contributed by atoms with van der Waals surface area (Å²) in [6.45, 7) is 9.19. The van der Waals surface area contributed by atoms with Crippen molar-refractivity contribution < 1.29 is 14.6 Å². The molecule has 0 saturated heterocycles. The third-order valence-corrected chi connectivity index (χ3v) is 5.03. The highest BCUT2D eigenvalue weighted by Crippen LogP contribution is 2.44. The predicted octanol–water partition coefficient (Wildman–Crippen LogP) is 5.43. The van der Waals surface area contributed by atoms with Crippen LogP contribution in [-0.2, 0) is 0 Å². The average molecular weight is 402 g/mol. The number of benzene rings is 1. The standard InChI is InChI=1S/C21H24ClN3O3/c1-12-17(22)9-16(13(2)25(20(26)27)21(3,4)5)19(28-6)18(12)14-7-8-15(10-23)24-11-14/h7-9,11,13H,1-6H3,(H,26,27)/t13-/m0/s1. The fraction of sp³-hybridized carbons (Fsp3) is 0.381. The highest BCUT2D eigenvalue weighted by Gasteiger charge is 2.34. The number of methoxy groups -OCH3 is 1. The van der Waals surface area contributed by atoms with E-state index in [0.29, 0.717) is 22.0 Å². The summed E-state index contributed by atoms with van der Waals surface area (Å²) in [5.74, 6) is 0.538. The van der Waals surface area contributed by atoms with E-state index < -0.39 is 17.7 Å². The number of rotatable bonds is 4. The second-order valence-electron chi connectivity index (χ2n) is 7.52. The van der Waals surface area contributed by atoms with Crippen molar-refractivity contribution in [3.63, 3.8) is 0 Å². The van der Waals surface area contributed by atoms with E-state index in [4.69, 9.17) is 21.6 Å². The molecule has 0 aliphatic rings. The molecule has 0 saturated carbocycles. The molecule has 1 N–H and O–H groups in total. The topological polar surface area (TPSA) is 86.5 Å². The molecule has 0 unspecified atom stereocenters. The van der Waals surface area contributed by atoms with Gasteiger partial charge in [0.25, 0.3) is 0 Å². The SMILES string of the molecule is COc1c([C@H](C)N(C(=O)O)C(C)(C)C)cc(Cl)c(C)c1-c1ccc(C#N)nc1. The first-order chi connectivity index (χ1) is 13.0. The lowest BCUT2D eigenvalue weighted by atomic mass is 9.92. The number of carboxylic acid groups (broad SMARTS) is 1. The van der Waals surface area contributed by atoms with Gasteiger partial charge in [-0.1, -0.05) is 11.6 Å². The molecule has 0 spiro atoms. The quantitative estimate of drug-likeness (QED) is 0.737. The maximum Gasteiger partial charge on any atom is 0.408 e. The Morgan fingerprint density at radius 1 is 1.39 bits per heavy atom. The maximum atomic E-state index is 11.9. The van der Waals surface area contributed by atoms with Crippen molar-refractivity contribution in [1.82, 2.24) is 9.88 Å². The zero-order chi connectivity index (χ0) is 21.2. The summed E-state index contributed by atoms with van der Waals surface area (Å²) < 4.78 is 5.72. The molecule has 2 aromatic rings. The fourth-order valence-electron chi connectivity index (χ4n) is 3.40. The first-order valence-electron chi connectivity index (χ1n) is 8.78. The molecule has 0 fully saturated rings. The Balaban J connectivity index is 2.74. The number of aromatic nitrogens is 1. The summed E-state index contributed by atoms with van der Waals surface area (Å²) in [4.78, 5) is 17.5. The van der Waals surface area contributed by atoms with E-state index in [1.165, 1.54) is 4.90 Å². The van der Waals surface area contributed by atoms with Crippen molar-refractivity contribution in [2.75, 3.05) is 7.11 Å². The van der Waals surface area contributed by atoms with E-state index in [1.54, 1.807) is 31.5 Å². The van der Waals surface area contributed by atoms with Crippen molar-refractivity contribution in [1.29, 1.82) is 5.26 Å². The Morgan fingerprint density at radius 3 is 2.46 bits per heavy atom. The Kier molecular flexibility index (Phi) is 6.20. The third-order valence-electron chi connectivity index (χ3n) is 4.64. The number of carbonyl (C=O) groups is 1. The van der Waals surface area contributed by atoms with Crippen molar-refractivity contribution in [3.05, 3.63) is 46.2 Å². The van der Waals surface area contributed by atoms with Gasteiger partial charge in [0.05, 0.1) is 13.2 Å². The van der Waals surface area contributed by atoms with E-state index in [2.05, 4.69) is 4.98 Å². The van der Waals surface area contributed by atoms with Gasteiger partial charge < -0.3 is 9.84 Å². The van der Waals surface area contributed by atoms with Gasteiger partial charge in [-0.05, 0) is 58.4 Å². The number of nitrogens with zero attached hydrogens (tertiary/aromatic N) is 3. The van der Waals surface area contributed by atoms with E-state index >= 15 is 0 Å². The first kappa shape index (κ1) is 21.5. The molecule has 0 aliphatic heterocycles. The van der Waals surface area contributed by atoms with Gasteiger partial charge in [0.15, 0.2) is 0 Å². The first-order valence-corrected chi connectivity index (χ1v) is 9.16. The molecular formula is C21H24ClN3O3. The third kappa shape index (κ3) is 4.05. The van der Waals surface area contributed by atoms with Gasteiger partial charge in [-0.2, -0.15) is 5.26 Å². The molecule has 0 radical (unpaired) electrons. The summed E-state index contributed by atoms with van der Waals surface area (Å²) in [7, 11) is 1.54. The molecule has 1 aromatic carbocycles. The number of amides is 1. The molecule has 148 valence electrons. The summed E-state index contributed by atoms with van der Waals surface area (Å²) in [5.41, 5.74) is 2.60. The minimum atomic E-state index is -1.03. The Bertz CT molecular complexity index is 928. The number of hydrogen-bond donors (Lipinski definition) is 1. The van der Waals surface area contributed by atoms with Crippen LogP contribution in [0.15, 0.2) is 24.4 Å². The van der Waals surface area contributed by atoms with E-state index in [-0.39, 0.29) is 0 Å². The molecular weight excluding hydrogens is 378 g/mol.